The van der Waals surface area contributed by atoms with Crippen LogP contribution in [-0.4, -0.2) is 53.5 Å². The number of likely N-dealkylation sites (tertiary alicyclic amines) is 1. The summed E-state index contributed by atoms with van der Waals surface area (Å²) >= 11 is 0. The van der Waals surface area contributed by atoms with Crippen LogP contribution in [0.25, 0.3) is 0 Å². The summed E-state index contributed by atoms with van der Waals surface area (Å²) in [4.78, 5) is 30.0. The predicted molar refractivity (Wildman–Crippen MR) is 116 cm³/mol. The Kier molecular flexibility index (Phi) is 5.30. The molecular weight excluding hydrogens is 392 g/mol. The van der Waals surface area contributed by atoms with E-state index >= 15 is 0 Å². The fraction of sp³-hybridized carbons (Fsp3) is 0.440. The summed E-state index contributed by atoms with van der Waals surface area (Å²) in [5.41, 5.74) is 2.59. The lowest BCUT2D eigenvalue weighted by Gasteiger charge is -2.38. The number of nitrogens with zero attached hydrogens (tertiary/aromatic N) is 2. The Labute approximate surface area is 182 Å². The van der Waals surface area contributed by atoms with Crippen molar-refractivity contribution in [2.45, 2.75) is 44.9 Å². The van der Waals surface area contributed by atoms with Gasteiger partial charge in [-0.05, 0) is 49.4 Å². The number of benzene rings is 2. The van der Waals surface area contributed by atoms with Gasteiger partial charge in [0.2, 0.25) is 12.0 Å². The second-order valence-corrected chi connectivity index (χ2v) is 8.69. The van der Waals surface area contributed by atoms with Crippen molar-refractivity contribution in [1.82, 2.24) is 9.80 Å². The topological polar surface area (TPSA) is 59.1 Å². The number of amides is 2. The molecule has 2 aromatic rings. The van der Waals surface area contributed by atoms with Crippen LogP contribution in [0.3, 0.4) is 0 Å². The number of carbonyl (C=O) groups is 2. The maximum Gasteiger partial charge on any atom is 0.267 e. The maximum atomic E-state index is 13.1. The molecule has 3 heterocycles. The number of carbonyl (C=O) groups excluding carboxylic acids is 2. The van der Waals surface area contributed by atoms with Crippen LogP contribution in [0.1, 0.15) is 30.9 Å². The fourth-order valence-electron chi connectivity index (χ4n) is 4.86. The van der Waals surface area contributed by atoms with Crippen LogP contribution in [0.4, 0.5) is 0 Å². The zero-order valence-electron chi connectivity index (χ0n) is 17.8. The third-order valence-electron chi connectivity index (χ3n) is 6.68. The molecule has 162 valence electrons. The number of fused-ring (bicyclic) bond motifs is 2. The SMILES string of the molecule is CC1Oc2ccccc2OC1C(=O)N1CCC(C(=O)N2CCc3ccccc3C2)CC1. The molecule has 0 N–H and O–H groups in total. The van der Waals surface area contributed by atoms with Crippen LogP contribution in [-0.2, 0) is 22.6 Å². The van der Waals surface area contributed by atoms with Gasteiger partial charge in [0.25, 0.3) is 5.91 Å². The highest BCUT2D eigenvalue weighted by atomic mass is 16.6. The van der Waals surface area contributed by atoms with Gasteiger partial charge < -0.3 is 19.3 Å². The summed E-state index contributed by atoms with van der Waals surface area (Å²) in [6.45, 7) is 4.49. The first-order valence-electron chi connectivity index (χ1n) is 11.2. The third kappa shape index (κ3) is 3.87. The van der Waals surface area contributed by atoms with E-state index in [9.17, 15) is 9.59 Å². The van der Waals surface area contributed by atoms with Crippen molar-refractivity contribution in [1.29, 1.82) is 0 Å². The summed E-state index contributed by atoms with van der Waals surface area (Å²) < 4.78 is 11.9. The molecule has 2 unspecified atom stereocenters. The van der Waals surface area contributed by atoms with Crippen molar-refractivity contribution in [2.24, 2.45) is 5.92 Å². The minimum atomic E-state index is -0.652. The molecular formula is C25H28N2O4. The second-order valence-electron chi connectivity index (χ2n) is 8.69. The smallest absolute Gasteiger partial charge is 0.267 e. The molecule has 0 bridgehead atoms. The first kappa shape index (κ1) is 19.9. The van der Waals surface area contributed by atoms with Gasteiger partial charge in [-0.2, -0.15) is 0 Å². The lowest BCUT2D eigenvalue weighted by atomic mass is 9.92. The highest BCUT2D eigenvalue weighted by Crippen LogP contribution is 2.34. The summed E-state index contributed by atoms with van der Waals surface area (Å²) in [6, 6.07) is 15.8. The Morgan fingerprint density at radius 1 is 0.806 bits per heavy atom. The quantitative estimate of drug-likeness (QED) is 0.749. The van der Waals surface area contributed by atoms with E-state index < -0.39 is 6.10 Å². The monoisotopic (exact) mass is 420 g/mol. The van der Waals surface area contributed by atoms with Crippen LogP contribution in [0.2, 0.25) is 0 Å². The minimum absolute atomic E-state index is 0.0176. The van der Waals surface area contributed by atoms with Gasteiger partial charge >= 0.3 is 0 Å². The Morgan fingerprint density at radius 3 is 2.19 bits per heavy atom. The van der Waals surface area contributed by atoms with E-state index in [-0.39, 0.29) is 23.8 Å². The van der Waals surface area contributed by atoms with Crippen molar-refractivity contribution in [3.8, 4) is 11.5 Å². The van der Waals surface area contributed by atoms with E-state index in [1.165, 1.54) is 11.1 Å². The molecule has 3 aliphatic heterocycles. The first-order chi connectivity index (χ1) is 15.1. The largest absolute Gasteiger partial charge is 0.482 e. The molecule has 1 fully saturated rings. The van der Waals surface area contributed by atoms with E-state index in [1.54, 1.807) is 0 Å². The molecule has 0 saturated carbocycles. The van der Waals surface area contributed by atoms with Crippen molar-refractivity contribution in [2.75, 3.05) is 19.6 Å². The van der Waals surface area contributed by atoms with Gasteiger partial charge in [-0.25, -0.2) is 0 Å². The zero-order chi connectivity index (χ0) is 21.4. The van der Waals surface area contributed by atoms with Gasteiger partial charge in [-0.15, -0.1) is 0 Å². The molecule has 2 atom stereocenters. The van der Waals surface area contributed by atoms with Gasteiger partial charge in [0.15, 0.2) is 11.5 Å². The molecule has 0 spiro atoms. The summed E-state index contributed by atoms with van der Waals surface area (Å²) in [6.07, 6.45) is 1.30. The average Bonchev–Trinajstić information content (AvgIpc) is 2.82. The molecule has 5 rings (SSSR count). The Bertz CT molecular complexity index is 983. The lowest BCUT2D eigenvalue weighted by Crippen LogP contribution is -2.53. The van der Waals surface area contributed by atoms with Crippen LogP contribution in [0.15, 0.2) is 48.5 Å². The van der Waals surface area contributed by atoms with E-state index in [4.69, 9.17) is 9.47 Å². The average molecular weight is 421 g/mol. The molecule has 0 aliphatic carbocycles. The number of piperidine rings is 1. The van der Waals surface area contributed by atoms with E-state index in [2.05, 4.69) is 18.2 Å². The lowest BCUT2D eigenvalue weighted by molar-refractivity contribution is -0.148. The van der Waals surface area contributed by atoms with E-state index in [0.29, 0.717) is 44.0 Å². The molecule has 0 aromatic heterocycles. The minimum Gasteiger partial charge on any atom is -0.482 e. The van der Waals surface area contributed by atoms with Gasteiger partial charge in [0.05, 0.1) is 0 Å². The van der Waals surface area contributed by atoms with Gasteiger partial charge in [-0.1, -0.05) is 36.4 Å². The van der Waals surface area contributed by atoms with Gasteiger partial charge in [0, 0.05) is 32.1 Å². The third-order valence-corrected chi connectivity index (χ3v) is 6.68. The number of ether oxygens (including phenoxy) is 2. The molecule has 31 heavy (non-hydrogen) atoms. The molecule has 1 saturated heterocycles. The fourth-order valence-corrected chi connectivity index (χ4v) is 4.86. The van der Waals surface area contributed by atoms with Gasteiger partial charge in [0.1, 0.15) is 6.10 Å². The van der Waals surface area contributed by atoms with Crippen molar-refractivity contribution >= 4 is 11.8 Å². The first-order valence-corrected chi connectivity index (χ1v) is 11.2. The van der Waals surface area contributed by atoms with Crippen molar-refractivity contribution < 1.29 is 19.1 Å². The normalized spacial score (nSPS) is 23.3. The zero-order valence-corrected chi connectivity index (χ0v) is 17.8. The molecule has 6 heteroatoms. The van der Waals surface area contributed by atoms with E-state index in [0.717, 1.165) is 13.0 Å². The van der Waals surface area contributed by atoms with Gasteiger partial charge in [-0.3, -0.25) is 9.59 Å². The highest BCUT2D eigenvalue weighted by Gasteiger charge is 2.39. The maximum absolute atomic E-state index is 13.1. The number of hydrogen-bond acceptors (Lipinski definition) is 4. The van der Waals surface area contributed by atoms with Crippen LogP contribution in [0.5, 0.6) is 11.5 Å². The summed E-state index contributed by atoms with van der Waals surface area (Å²) in [5.74, 6) is 1.43. The van der Waals surface area contributed by atoms with Crippen molar-refractivity contribution in [3.63, 3.8) is 0 Å². The second kappa shape index (κ2) is 8.25. The number of para-hydroxylation sites is 2. The van der Waals surface area contributed by atoms with Crippen LogP contribution in [0, 0.1) is 5.92 Å². The molecule has 2 aromatic carbocycles. The molecule has 2 amide bonds. The standard InChI is InChI=1S/C25H28N2O4/c1-17-23(31-22-9-5-4-8-21(22)30-17)25(29)26-13-11-19(12-14-26)24(28)27-15-10-18-6-2-3-7-20(18)16-27/h2-9,17,19,23H,10-16H2,1H3. The van der Waals surface area contributed by atoms with Crippen molar-refractivity contribution in [3.05, 3.63) is 59.7 Å². The number of rotatable bonds is 2. The molecule has 6 nitrogen and oxygen atoms in total. The summed E-state index contributed by atoms with van der Waals surface area (Å²) in [5, 5.41) is 0. The Hall–Kier alpha value is -3.02. The highest BCUT2D eigenvalue weighted by molar-refractivity contribution is 5.83. The van der Waals surface area contributed by atoms with Crippen LogP contribution < -0.4 is 9.47 Å². The van der Waals surface area contributed by atoms with Crippen LogP contribution >= 0.6 is 0 Å². The predicted octanol–water partition coefficient (Wildman–Crippen LogP) is 3.04. The number of hydrogen-bond donors (Lipinski definition) is 0. The molecule has 0 radical (unpaired) electrons. The summed E-state index contributed by atoms with van der Waals surface area (Å²) in [7, 11) is 0. The Balaban J connectivity index is 1.18. The Morgan fingerprint density at radius 2 is 1.45 bits per heavy atom. The molecule has 3 aliphatic rings. The van der Waals surface area contributed by atoms with E-state index in [1.807, 2.05) is 47.1 Å².